The number of pyridine rings is 1. The third kappa shape index (κ3) is 2.30. The summed E-state index contributed by atoms with van der Waals surface area (Å²) in [6.07, 6.45) is 1.77. The van der Waals surface area contributed by atoms with Crippen molar-refractivity contribution in [2.75, 3.05) is 5.43 Å². The number of aryl methyl sites for hydroxylation is 2. The number of aromatic nitrogens is 2. The molecule has 0 aliphatic heterocycles. The van der Waals surface area contributed by atoms with Gasteiger partial charge in [0.2, 0.25) is 0 Å². The molecular weight excluding hydrogens is 334 g/mol. The van der Waals surface area contributed by atoms with E-state index in [0.717, 1.165) is 26.2 Å². The molecule has 0 fully saturated rings. The molecule has 0 aliphatic rings. The van der Waals surface area contributed by atoms with Gasteiger partial charge in [0.05, 0.1) is 4.47 Å². The average Bonchev–Trinajstić information content (AvgIpc) is 2.53. The largest absolute Gasteiger partial charge is 0.277 e. The molecule has 0 aromatic carbocycles. The van der Waals surface area contributed by atoms with Crippen molar-refractivity contribution in [2.45, 2.75) is 13.8 Å². The van der Waals surface area contributed by atoms with Crippen LogP contribution in [0.25, 0.3) is 0 Å². The lowest BCUT2D eigenvalue weighted by Crippen LogP contribution is -2.13. The number of anilines is 1. The van der Waals surface area contributed by atoms with Crippen molar-refractivity contribution in [1.29, 1.82) is 0 Å². The van der Waals surface area contributed by atoms with E-state index in [1.54, 1.807) is 6.20 Å². The SMILES string of the molecule is Cc1ccc(C)n1Nc1ncc(Br)cc1Br. The van der Waals surface area contributed by atoms with Crippen molar-refractivity contribution in [1.82, 2.24) is 9.66 Å². The highest BCUT2D eigenvalue weighted by Gasteiger charge is 2.05. The van der Waals surface area contributed by atoms with E-state index in [0.29, 0.717) is 0 Å². The Kier molecular flexibility index (Phi) is 3.35. The third-order valence-corrected chi connectivity index (χ3v) is 3.33. The second-order valence-electron chi connectivity index (χ2n) is 3.55. The van der Waals surface area contributed by atoms with Gasteiger partial charge in [0.1, 0.15) is 0 Å². The maximum absolute atomic E-state index is 4.31. The zero-order valence-electron chi connectivity index (χ0n) is 8.96. The summed E-state index contributed by atoms with van der Waals surface area (Å²) in [5.74, 6) is 0.797. The summed E-state index contributed by atoms with van der Waals surface area (Å²) in [7, 11) is 0. The van der Waals surface area contributed by atoms with Gasteiger partial charge in [0.15, 0.2) is 5.82 Å². The maximum Gasteiger partial charge on any atom is 0.159 e. The third-order valence-electron chi connectivity index (χ3n) is 2.30. The number of nitrogens with one attached hydrogen (secondary N) is 1. The molecule has 0 saturated heterocycles. The van der Waals surface area contributed by atoms with Crippen LogP contribution in [-0.2, 0) is 0 Å². The smallest absolute Gasteiger partial charge is 0.159 e. The van der Waals surface area contributed by atoms with Crippen molar-refractivity contribution in [3.05, 3.63) is 44.7 Å². The molecule has 0 amide bonds. The molecule has 2 aromatic heterocycles. The highest BCUT2D eigenvalue weighted by atomic mass is 79.9. The fourth-order valence-electron chi connectivity index (χ4n) is 1.45. The van der Waals surface area contributed by atoms with Crippen molar-refractivity contribution in [3.8, 4) is 0 Å². The Morgan fingerprint density at radius 2 is 1.81 bits per heavy atom. The molecule has 2 aromatic rings. The molecule has 0 atom stereocenters. The van der Waals surface area contributed by atoms with Crippen LogP contribution in [0.2, 0.25) is 0 Å². The fourth-order valence-corrected chi connectivity index (χ4v) is 2.52. The molecule has 0 bridgehead atoms. The van der Waals surface area contributed by atoms with Crippen LogP contribution in [0.4, 0.5) is 5.82 Å². The molecule has 0 saturated carbocycles. The van der Waals surface area contributed by atoms with Gasteiger partial charge < -0.3 is 0 Å². The number of halogens is 2. The summed E-state index contributed by atoms with van der Waals surface area (Å²) in [5, 5.41) is 0. The first-order valence-corrected chi connectivity index (χ1v) is 6.39. The molecule has 84 valence electrons. The highest BCUT2D eigenvalue weighted by molar-refractivity contribution is 9.11. The van der Waals surface area contributed by atoms with Crippen LogP contribution in [0.15, 0.2) is 33.3 Å². The van der Waals surface area contributed by atoms with Crippen molar-refractivity contribution in [3.63, 3.8) is 0 Å². The lowest BCUT2D eigenvalue weighted by atomic mass is 10.5. The van der Waals surface area contributed by atoms with E-state index in [1.165, 1.54) is 0 Å². The quantitative estimate of drug-likeness (QED) is 0.895. The Balaban J connectivity index is 2.34. The summed E-state index contributed by atoms with van der Waals surface area (Å²) in [4.78, 5) is 4.31. The fraction of sp³-hybridized carbons (Fsp3) is 0.182. The highest BCUT2D eigenvalue weighted by Crippen LogP contribution is 2.24. The first kappa shape index (κ1) is 11.7. The standard InChI is InChI=1S/C11H11Br2N3/c1-7-3-4-8(2)16(7)15-11-10(13)5-9(12)6-14-11/h3-6H,1-2H3,(H,14,15). The molecule has 2 rings (SSSR count). The van der Waals surface area contributed by atoms with Gasteiger partial charge in [-0.1, -0.05) is 0 Å². The lowest BCUT2D eigenvalue weighted by molar-refractivity contribution is 0.869. The Hall–Kier alpha value is -0.810. The second-order valence-corrected chi connectivity index (χ2v) is 5.32. The molecule has 0 spiro atoms. The van der Waals surface area contributed by atoms with Gasteiger partial charge >= 0.3 is 0 Å². The van der Waals surface area contributed by atoms with E-state index < -0.39 is 0 Å². The second kappa shape index (κ2) is 4.59. The zero-order chi connectivity index (χ0) is 11.7. The summed E-state index contributed by atoms with van der Waals surface area (Å²) in [6.45, 7) is 4.10. The molecule has 16 heavy (non-hydrogen) atoms. The topological polar surface area (TPSA) is 29.9 Å². The molecule has 2 heterocycles. The number of hydrogen-bond acceptors (Lipinski definition) is 2. The van der Waals surface area contributed by atoms with E-state index >= 15 is 0 Å². The Labute approximate surface area is 111 Å². The number of nitrogens with zero attached hydrogens (tertiary/aromatic N) is 2. The monoisotopic (exact) mass is 343 g/mol. The first-order valence-electron chi connectivity index (χ1n) is 4.81. The van der Waals surface area contributed by atoms with Crippen LogP contribution in [0.3, 0.4) is 0 Å². The lowest BCUT2D eigenvalue weighted by Gasteiger charge is -2.13. The van der Waals surface area contributed by atoms with Gasteiger partial charge in [0, 0.05) is 22.1 Å². The predicted octanol–water partition coefficient (Wildman–Crippen LogP) is 3.90. The van der Waals surface area contributed by atoms with E-state index in [2.05, 4.69) is 54.4 Å². The van der Waals surface area contributed by atoms with E-state index in [9.17, 15) is 0 Å². The molecular formula is C11H11Br2N3. The minimum absolute atomic E-state index is 0.797. The van der Waals surface area contributed by atoms with Crippen molar-refractivity contribution in [2.24, 2.45) is 0 Å². The van der Waals surface area contributed by atoms with Gasteiger partial charge in [-0.25, -0.2) is 4.98 Å². The number of hydrogen-bond donors (Lipinski definition) is 1. The summed E-state index contributed by atoms with van der Waals surface area (Å²) >= 11 is 6.85. The normalized spacial score (nSPS) is 10.5. The molecule has 3 nitrogen and oxygen atoms in total. The first-order chi connectivity index (χ1) is 7.58. The van der Waals surface area contributed by atoms with E-state index in [4.69, 9.17) is 0 Å². The van der Waals surface area contributed by atoms with Crippen LogP contribution in [0, 0.1) is 13.8 Å². The van der Waals surface area contributed by atoms with Gasteiger partial charge in [-0.3, -0.25) is 10.1 Å². The predicted molar refractivity (Wildman–Crippen MR) is 72.6 cm³/mol. The Morgan fingerprint density at radius 3 is 2.38 bits per heavy atom. The van der Waals surface area contributed by atoms with Gasteiger partial charge in [-0.2, -0.15) is 0 Å². The molecule has 0 radical (unpaired) electrons. The summed E-state index contributed by atoms with van der Waals surface area (Å²) in [5.41, 5.74) is 5.55. The average molecular weight is 345 g/mol. The maximum atomic E-state index is 4.31. The molecule has 0 unspecified atom stereocenters. The Bertz CT molecular complexity index is 500. The Morgan fingerprint density at radius 1 is 1.19 bits per heavy atom. The van der Waals surface area contributed by atoms with Crippen LogP contribution < -0.4 is 5.43 Å². The van der Waals surface area contributed by atoms with Crippen LogP contribution in [0.1, 0.15) is 11.4 Å². The van der Waals surface area contributed by atoms with Gasteiger partial charge in [-0.15, -0.1) is 0 Å². The van der Waals surface area contributed by atoms with Crippen LogP contribution in [-0.4, -0.2) is 9.66 Å². The van der Waals surface area contributed by atoms with E-state index in [-0.39, 0.29) is 0 Å². The van der Waals surface area contributed by atoms with Gasteiger partial charge in [0.25, 0.3) is 0 Å². The minimum Gasteiger partial charge on any atom is -0.277 e. The van der Waals surface area contributed by atoms with Crippen LogP contribution >= 0.6 is 31.9 Å². The molecule has 5 heteroatoms. The van der Waals surface area contributed by atoms with Crippen LogP contribution in [0.5, 0.6) is 0 Å². The number of rotatable bonds is 2. The minimum atomic E-state index is 0.797. The molecule has 0 aliphatic carbocycles. The molecule has 1 N–H and O–H groups in total. The van der Waals surface area contributed by atoms with E-state index in [1.807, 2.05) is 24.6 Å². The van der Waals surface area contributed by atoms with Gasteiger partial charge in [-0.05, 0) is 63.9 Å². The summed E-state index contributed by atoms with van der Waals surface area (Å²) < 4.78 is 3.88. The van der Waals surface area contributed by atoms with Crippen molar-refractivity contribution >= 4 is 37.7 Å². The van der Waals surface area contributed by atoms with Crippen molar-refractivity contribution < 1.29 is 0 Å². The summed E-state index contributed by atoms with van der Waals surface area (Å²) in [6, 6.07) is 6.09. The zero-order valence-corrected chi connectivity index (χ0v) is 12.1.